The van der Waals surface area contributed by atoms with Gasteiger partial charge in [-0.2, -0.15) is 0 Å². The van der Waals surface area contributed by atoms with Crippen molar-refractivity contribution in [3.05, 3.63) is 18.5 Å². The normalized spacial score (nSPS) is 16.4. The Labute approximate surface area is 98.8 Å². The second-order valence-corrected chi connectivity index (χ2v) is 4.07. The van der Waals surface area contributed by atoms with Gasteiger partial charge in [-0.05, 0) is 6.07 Å². The number of pyridine rings is 1. The van der Waals surface area contributed by atoms with E-state index < -0.39 is 0 Å². The lowest BCUT2D eigenvalue weighted by Gasteiger charge is -2.28. The van der Waals surface area contributed by atoms with Gasteiger partial charge in [-0.25, -0.2) is 0 Å². The number of fused-ring (bicyclic) bond motifs is 1. The molecule has 3 rings (SSSR count). The molecule has 0 saturated carbocycles. The Morgan fingerprint density at radius 1 is 1.18 bits per heavy atom. The Bertz CT molecular complexity index is 534. The van der Waals surface area contributed by atoms with Gasteiger partial charge in [0.2, 0.25) is 0 Å². The molecular weight excluding hydrogens is 216 g/mol. The van der Waals surface area contributed by atoms with Crippen LogP contribution in [0.15, 0.2) is 18.5 Å². The fraction of sp³-hybridized carbons (Fsp3) is 0.364. The number of hydrogen-bond acceptors (Lipinski definition) is 6. The highest BCUT2D eigenvalue weighted by Crippen LogP contribution is 2.25. The minimum Gasteiger partial charge on any atom is -0.382 e. The first-order valence-corrected chi connectivity index (χ1v) is 5.68. The van der Waals surface area contributed by atoms with E-state index in [2.05, 4.69) is 25.4 Å². The van der Waals surface area contributed by atoms with E-state index in [-0.39, 0.29) is 0 Å². The largest absolute Gasteiger partial charge is 0.382 e. The van der Waals surface area contributed by atoms with Crippen molar-refractivity contribution in [1.29, 1.82) is 0 Å². The first-order valence-electron chi connectivity index (χ1n) is 5.68. The molecule has 1 aliphatic heterocycles. The molecule has 1 fully saturated rings. The van der Waals surface area contributed by atoms with Crippen molar-refractivity contribution >= 4 is 22.4 Å². The van der Waals surface area contributed by atoms with E-state index in [0.717, 1.165) is 42.8 Å². The Kier molecular flexibility index (Phi) is 2.49. The number of hydrogen-bond donors (Lipinski definition) is 2. The van der Waals surface area contributed by atoms with Crippen molar-refractivity contribution in [3.63, 3.8) is 0 Å². The lowest BCUT2D eigenvalue weighted by Crippen LogP contribution is -2.44. The second kappa shape index (κ2) is 4.14. The van der Waals surface area contributed by atoms with Gasteiger partial charge in [0.15, 0.2) is 11.6 Å². The van der Waals surface area contributed by atoms with E-state index in [1.165, 1.54) is 0 Å². The quantitative estimate of drug-likeness (QED) is 0.718. The maximum absolute atomic E-state index is 5.82. The maximum atomic E-state index is 5.82. The minimum atomic E-state index is 0.460. The van der Waals surface area contributed by atoms with Crippen LogP contribution in [0.5, 0.6) is 0 Å². The summed E-state index contributed by atoms with van der Waals surface area (Å²) >= 11 is 0. The highest BCUT2D eigenvalue weighted by Gasteiger charge is 2.16. The summed E-state index contributed by atoms with van der Waals surface area (Å²) in [5.74, 6) is 1.34. The third-order valence-corrected chi connectivity index (χ3v) is 3.01. The first-order chi connectivity index (χ1) is 8.36. The van der Waals surface area contributed by atoms with Crippen LogP contribution in [0.25, 0.3) is 10.8 Å². The van der Waals surface area contributed by atoms with Crippen LogP contribution in [0.4, 0.5) is 11.6 Å². The van der Waals surface area contributed by atoms with Crippen LogP contribution in [0.3, 0.4) is 0 Å². The third-order valence-electron chi connectivity index (χ3n) is 3.01. The molecule has 17 heavy (non-hydrogen) atoms. The predicted octanol–water partition coefficient (Wildman–Crippen LogP) is 0.0166. The Morgan fingerprint density at radius 3 is 2.82 bits per heavy atom. The SMILES string of the molecule is Nc1nnc(N2CCNCC2)c2cnccc12. The summed E-state index contributed by atoms with van der Waals surface area (Å²) in [6, 6.07) is 1.88. The predicted molar refractivity (Wildman–Crippen MR) is 66.8 cm³/mol. The van der Waals surface area contributed by atoms with E-state index in [1.54, 1.807) is 12.4 Å². The van der Waals surface area contributed by atoms with E-state index in [9.17, 15) is 0 Å². The fourth-order valence-corrected chi connectivity index (χ4v) is 2.12. The lowest BCUT2D eigenvalue weighted by molar-refractivity contribution is 0.584. The van der Waals surface area contributed by atoms with E-state index in [1.807, 2.05) is 6.07 Å². The number of nitrogens with two attached hydrogens (primary N) is 1. The van der Waals surface area contributed by atoms with Gasteiger partial charge in [-0.3, -0.25) is 4.98 Å². The molecule has 0 radical (unpaired) electrons. The smallest absolute Gasteiger partial charge is 0.160 e. The number of nitrogens with zero attached hydrogens (tertiary/aromatic N) is 4. The minimum absolute atomic E-state index is 0.460. The number of nitrogen functional groups attached to an aromatic ring is 1. The van der Waals surface area contributed by atoms with Gasteiger partial charge in [-0.1, -0.05) is 0 Å². The summed E-state index contributed by atoms with van der Waals surface area (Å²) in [4.78, 5) is 6.36. The van der Waals surface area contributed by atoms with Crippen LogP contribution in [0, 0.1) is 0 Å². The van der Waals surface area contributed by atoms with Crippen LogP contribution in [0.2, 0.25) is 0 Å². The molecule has 1 aliphatic rings. The first kappa shape index (κ1) is 10.2. The number of nitrogens with one attached hydrogen (secondary N) is 1. The standard InChI is InChI=1S/C11H14N6/c12-10-8-1-2-14-7-9(8)11(16-15-10)17-5-3-13-4-6-17/h1-2,7,13H,3-6H2,(H2,12,15). The number of aromatic nitrogens is 3. The van der Waals surface area contributed by atoms with E-state index in [0.29, 0.717) is 5.82 Å². The molecule has 3 heterocycles. The fourth-order valence-electron chi connectivity index (χ4n) is 2.12. The second-order valence-electron chi connectivity index (χ2n) is 4.07. The Balaban J connectivity index is 2.12. The molecule has 2 aromatic rings. The van der Waals surface area contributed by atoms with Gasteiger partial charge in [0.25, 0.3) is 0 Å². The number of piperazine rings is 1. The number of rotatable bonds is 1. The highest BCUT2D eigenvalue weighted by atomic mass is 15.3. The van der Waals surface area contributed by atoms with Gasteiger partial charge in [0, 0.05) is 49.3 Å². The average molecular weight is 230 g/mol. The summed E-state index contributed by atoms with van der Waals surface area (Å²) in [5, 5.41) is 13.4. The van der Waals surface area contributed by atoms with Crippen molar-refractivity contribution in [2.24, 2.45) is 0 Å². The molecule has 3 N–H and O–H groups in total. The zero-order chi connectivity index (χ0) is 11.7. The zero-order valence-electron chi connectivity index (χ0n) is 9.43. The van der Waals surface area contributed by atoms with Crippen molar-refractivity contribution < 1.29 is 0 Å². The van der Waals surface area contributed by atoms with Crippen molar-refractivity contribution in [2.75, 3.05) is 36.8 Å². The molecule has 0 aliphatic carbocycles. The number of anilines is 2. The summed E-state index contributed by atoms with van der Waals surface area (Å²) in [7, 11) is 0. The Hall–Kier alpha value is -1.95. The van der Waals surface area contributed by atoms with E-state index in [4.69, 9.17) is 5.73 Å². The van der Waals surface area contributed by atoms with Crippen molar-refractivity contribution in [1.82, 2.24) is 20.5 Å². The highest BCUT2D eigenvalue weighted by molar-refractivity contribution is 5.97. The molecule has 0 atom stereocenters. The van der Waals surface area contributed by atoms with Gasteiger partial charge in [0.1, 0.15) is 0 Å². The molecule has 0 unspecified atom stereocenters. The van der Waals surface area contributed by atoms with Crippen molar-refractivity contribution in [3.8, 4) is 0 Å². The van der Waals surface area contributed by atoms with Gasteiger partial charge in [-0.15, -0.1) is 10.2 Å². The topological polar surface area (TPSA) is 80.0 Å². The van der Waals surface area contributed by atoms with Crippen LogP contribution < -0.4 is 16.0 Å². The molecule has 0 aromatic carbocycles. The summed E-state index contributed by atoms with van der Waals surface area (Å²) < 4.78 is 0. The maximum Gasteiger partial charge on any atom is 0.160 e. The van der Waals surface area contributed by atoms with Crippen LogP contribution in [0.1, 0.15) is 0 Å². The molecule has 0 bridgehead atoms. The van der Waals surface area contributed by atoms with Crippen molar-refractivity contribution in [2.45, 2.75) is 0 Å². The molecule has 0 amide bonds. The van der Waals surface area contributed by atoms with Crippen LogP contribution in [-0.2, 0) is 0 Å². The average Bonchev–Trinajstić information content (AvgIpc) is 2.41. The van der Waals surface area contributed by atoms with Gasteiger partial charge >= 0.3 is 0 Å². The molecule has 0 spiro atoms. The van der Waals surface area contributed by atoms with E-state index >= 15 is 0 Å². The zero-order valence-corrected chi connectivity index (χ0v) is 9.43. The summed E-state index contributed by atoms with van der Waals surface area (Å²) in [5.41, 5.74) is 5.82. The monoisotopic (exact) mass is 230 g/mol. The molecular formula is C11H14N6. The lowest BCUT2D eigenvalue weighted by atomic mass is 10.2. The van der Waals surface area contributed by atoms with Gasteiger partial charge < -0.3 is 16.0 Å². The van der Waals surface area contributed by atoms with Gasteiger partial charge in [0.05, 0.1) is 0 Å². The van der Waals surface area contributed by atoms with Crippen LogP contribution >= 0.6 is 0 Å². The Morgan fingerprint density at radius 2 is 2.00 bits per heavy atom. The summed E-state index contributed by atoms with van der Waals surface area (Å²) in [6.07, 6.45) is 3.53. The molecule has 2 aromatic heterocycles. The molecule has 6 nitrogen and oxygen atoms in total. The summed E-state index contributed by atoms with van der Waals surface area (Å²) in [6.45, 7) is 3.80. The third kappa shape index (κ3) is 1.76. The van der Waals surface area contributed by atoms with Crippen LogP contribution in [-0.4, -0.2) is 41.4 Å². The molecule has 88 valence electrons. The molecule has 6 heteroatoms. The molecule has 1 saturated heterocycles.